The highest BCUT2D eigenvalue weighted by atomic mass is 35.5. The first kappa shape index (κ1) is 37.4. The molecule has 2 aliphatic rings. The molecule has 1 amide bonds. The Hall–Kier alpha value is -1.81. The van der Waals surface area contributed by atoms with E-state index in [1.54, 1.807) is 13.0 Å². The van der Waals surface area contributed by atoms with Gasteiger partial charge in [0.05, 0.1) is 24.8 Å². The first-order chi connectivity index (χ1) is 20.3. The van der Waals surface area contributed by atoms with Crippen molar-refractivity contribution in [1.82, 2.24) is 5.32 Å². The lowest BCUT2D eigenvalue weighted by atomic mass is 9.79. The summed E-state index contributed by atoms with van der Waals surface area (Å²) in [6.45, 7) is 3.74. The average molecular weight is 677 g/mol. The summed E-state index contributed by atoms with van der Waals surface area (Å²) in [5, 5.41) is 21.0. The SMILES string of the molecule is CCCC(Cl)C=C(Cl)CN=C(C1CCC(Cl)CC1)C(C)C(=N)C(=O)NC(S)(COC(=O)CCC(=O)O)CC1=CC=CCC1. The quantitative estimate of drug-likeness (QED) is 0.0425. The molecule has 12 heteroatoms. The lowest BCUT2D eigenvalue weighted by molar-refractivity contribution is -0.148. The van der Waals surface area contributed by atoms with Gasteiger partial charge >= 0.3 is 11.9 Å². The van der Waals surface area contributed by atoms with Gasteiger partial charge in [0.1, 0.15) is 17.2 Å². The normalized spacial score (nSPS) is 22.1. The largest absolute Gasteiger partial charge is 0.481 e. The molecule has 2 aliphatic carbocycles. The predicted molar refractivity (Wildman–Crippen MR) is 178 cm³/mol. The fraction of sp³-hybridized carbons (Fsp3) is 0.645. The molecule has 1 fully saturated rings. The molecule has 0 aromatic rings. The van der Waals surface area contributed by atoms with Gasteiger partial charge in [-0.15, -0.1) is 35.8 Å². The van der Waals surface area contributed by atoms with Gasteiger partial charge < -0.3 is 15.2 Å². The maximum atomic E-state index is 13.5. The van der Waals surface area contributed by atoms with Crippen LogP contribution in [0.25, 0.3) is 0 Å². The van der Waals surface area contributed by atoms with Crippen LogP contribution in [0.1, 0.15) is 84.5 Å². The van der Waals surface area contributed by atoms with Gasteiger partial charge in [0.2, 0.25) is 0 Å². The van der Waals surface area contributed by atoms with Gasteiger partial charge in [-0.2, -0.15) is 0 Å². The maximum Gasteiger partial charge on any atom is 0.306 e. The van der Waals surface area contributed by atoms with Crippen molar-refractivity contribution in [3.05, 3.63) is 34.9 Å². The highest BCUT2D eigenvalue weighted by Crippen LogP contribution is 2.32. The Bertz CT molecular complexity index is 1120. The fourth-order valence-electron chi connectivity index (χ4n) is 5.15. The van der Waals surface area contributed by atoms with Crippen LogP contribution in [0.5, 0.6) is 0 Å². The summed E-state index contributed by atoms with van der Waals surface area (Å²) in [6, 6.07) is 0. The summed E-state index contributed by atoms with van der Waals surface area (Å²) >= 11 is 23.9. The minimum atomic E-state index is -1.31. The smallest absolute Gasteiger partial charge is 0.306 e. The zero-order valence-corrected chi connectivity index (χ0v) is 28.1. The number of carboxylic acids is 1. The number of carbonyl (C=O) groups is 3. The van der Waals surface area contributed by atoms with Crippen molar-refractivity contribution in [1.29, 1.82) is 5.41 Å². The summed E-state index contributed by atoms with van der Waals surface area (Å²) in [5.41, 5.74) is 1.53. The Morgan fingerprint density at radius 3 is 2.58 bits per heavy atom. The summed E-state index contributed by atoms with van der Waals surface area (Å²) in [6.07, 6.45) is 13.8. The third kappa shape index (κ3) is 13.8. The Labute approximate surface area is 275 Å². The second kappa shape index (κ2) is 18.9. The monoisotopic (exact) mass is 675 g/mol. The molecule has 0 aliphatic heterocycles. The Kier molecular flexibility index (Phi) is 16.4. The second-order valence-electron chi connectivity index (χ2n) is 11.3. The van der Waals surface area contributed by atoms with Gasteiger partial charge in [0.25, 0.3) is 5.91 Å². The number of amides is 1. The molecule has 0 heterocycles. The fourth-order valence-corrected chi connectivity index (χ4v) is 6.42. The van der Waals surface area contributed by atoms with Crippen molar-refractivity contribution in [2.45, 2.75) is 100 Å². The average Bonchev–Trinajstić information content (AvgIpc) is 2.96. The van der Waals surface area contributed by atoms with Crippen LogP contribution in [-0.4, -0.2) is 63.2 Å². The molecular formula is C31H44Cl3N3O5S. The number of hydrogen-bond acceptors (Lipinski definition) is 7. The van der Waals surface area contributed by atoms with E-state index in [2.05, 4.69) is 5.32 Å². The number of hydrogen-bond donors (Lipinski definition) is 4. The van der Waals surface area contributed by atoms with E-state index in [9.17, 15) is 14.4 Å². The molecule has 0 aromatic heterocycles. The van der Waals surface area contributed by atoms with E-state index in [1.807, 2.05) is 25.2 Å². The highest BCUT2D eigenvalue weighted by molar-refractivity contribution is 7.81. The molecule has 0 bridgehead atoms. The highest BCUT2D eigenvalue weighted by Gasteiger charge is 2.35. The van der Waals surface area contributed by atoms with E-state index in [0.29, 0.717) is 5.03 Å². The molecule has 0 radical (unpaired) electrons. The molecule has 0 saturated heterocycles. The molecule has 0 spiro atoms. The number of aliphatic carboxylic acids is 1. The van der Waals surface area contributed by atoms with Gasteiger partial charge in [-0.1, -0.05) is 61.7 Å². The zero-order chi connectivity index (χ0) is 32.0. The van der Waals surface area contributed by atoms with E-state index < -0.39 is 28.6 Å². The van der Waals surface area contributed by atoms with Gasteiger partial charge in [-0.25, -0.2) is 0 Å². The molecule has 3 N–H and O–H groups in total. The number of nitrogens with one attached hydrogen (secondary N) is 2. The third-order valence-corrected chi connectivity index (χ3v) is 8.94. The molecule has 8 nitrogen and oxygen atoms in total. The Morgan fingerprint density at radius 2 is 1.98 bits per heavy atom. The minimum absolute atomic E-state index is 0.0557. The molecule has 43 heavy (non-hydrogen) atoms. The molecule has 240 valence electrons. The van der Waals surface area contributed by atoms with Gasteiger partial charge in [-0.05, 0) is 50.9 Å². The number of thiol groups is 1. The Balaban J connectivity index is 2.23. The van der Waals surface area contributed by atoms with Crippen LogP contribution in [0.2, 0.25) is 0 Å². The van der Waals surface area contributed by atoms with Crippen molar-refractivity contribution in [2.24, 2.45) is 16.8 Å². The van der Waals surface area contributed by atoms with E-state index >= 15 is 0 Å². The predicted octanol–water partition coefficient (Wildman–Crippen LogP) is 7.23. The molecule has 2 rings (SSSR count). The summed E-state index contributed by atoms with van der Waals surface area (Å²) in [5.74, 6) is -3.03. The number of carbonyl (C=O) groups excluding carboxylic acids is 2. The standard InChI is InChI=1S/C31H44Cl3N3O5S/c1-3-7-24(33)16-25(34)18-36-29(22-10-12-23(32)13-11-22)20(2)28(35)30(41)37-31(43,17-21-8-5-4-6-9-21)19-42-27(40)15-14-26(38)39/h4-5,8,16,20,22-24,35,43H,3,6-7,9-15,17-19H2,1-2H3,(H,37,41)(H,38,39). The summed E-state index contributed by atoms with van der Waals surface area (Å²) in [7, 11) is 0. The first-order valence-corrected chi connectivity index (χ1v) is 16.6. The van der Waals surface area contributed by atoms with Crippen LogP contribution in [0, 0.1) is 17.2 Å². The number of nitrogens with zero attached hydrogens (tertiary/aromatic N) is 1. The number of allylic oxidation sites excluding steroid dienone is 4. The second-order valence-corrected chi connectivity index (χ2v) is 13.8. The van der Waals surface area contributed by atoms with Gasteiger partial charge in [0.15, 0.2) is 0 Å². The lowest BCUT2D eigenvalue weighted by Gasteiger charge is -2.33. The molecule has 0 aromatic carbocycles. The van der Waals surface area contributed by atoms with Crippen LogP contribution < -0.4 is 5.32 Å². The van der Waals surface area contributed by atoms with Gasteiger partial charge in [0, 0.05) is 28.5 Å². The number of esters is 1. The molecular weight excluding hydrogens is 633 g/mol. The number of halogens is 3. The number of aliphatic imine (C=N–C) groups is 1. The van der Waals surface area contributed by atoms with Crippen LogP contribution in [-0.2, 0) is 19.1 Å². The van der Waals surface area contributed by atoms with Crippen LogP contribution in [0.3, 0.4) is 0 Å². The maximum absolute atomic E-state index is 13.5. The van der Waals surface area contributed by atoms with Crippen LogP contribution >= 0.6 is 47.4 Å². The van der Waals surface area contributed by atoms with Crippen LogP contribution in [0.4, 0.5) is 0 Å². The van der Waals surface area contributed by atoms with Crippen molar-refractivity contribution < 1.29 is 24.2 Å². The third-order valence-electron chi connectivity index (χ3n) is 7.52. The van der Waals surface area contributed by atoms with E-state index in [0.717, 1.165) is 62.7 Å². The van der Waals surface area contributed by atoms with Crippen molar-refractivity contribution in [2.75, 3.05) is 13.2 Å². The number of ether oxygens (including phenoxy) is 1. The van der Waals surface area contributed by atoms with Crippen molar-refractivity contribution in [3.8, 4) is 0 Å². The zero-order valence-electron chi connectivity index (χ0n) is 24.9. The van der Waals surface area contributed by atoms with Crippen molar-refractivity contribution >= 4 is 76.7 Å². The topological polar surface area (TPSA) is 129 Å². The molecule has 1 saturated carbocycles. The van der Waals surface area contributed by atoms with E-state index in [-0.39, 0.29) is 54.8 Å². The minimum Gasteiger partial charge on any atom is -0.481 e. The molecule has 3 atom stereocenters. The lowest BCUT2D eigenvalue weighted by Crippen LogP contribution is -2.52. The first-order valence-electron chi connectivity index (χ1n) is 14.9. The molecule has 3 unspecified atom stereocenters. The number of alkyl halides is 2. The van der Waals surface area contributed by atoms with Crippen LogP contribution in [0.15, 0.2) is 39.9 Å². The van der Waals surface area contributed by atoms with E-state index in [1.165, 1.54) is 0 Å². The summed E-state index contributed by atoms with van der Waals surface area (Å²) < 4.78 is 5.33. The number of carboxylic acid groups (broad SMARTS) is 1. The Morgan fingerprint density at radius 1 is 1.28 bits per heavy atom. The van der Waals surface area contributed by atoms with E-state index in [4.69, 9.17) is 67.7 Å². The number of rotatable bonds is 17. The van der Waals surface area contributed by atoms with Crippen molar-refractivity contribution in [3.63, 3.8) is 0 Å². The van der Waals surface area contributed by atoms with Gasteiger partial charge in [-0.3, -0.25) is 24.8 Å². The summed E-state index contributed by atoms with van der Waals surface area (Å²) in [4.78, 5) is 40.1.